The molecule has 0 unspecified atom stereocenters. The number of carbonyl (C=O) groups excluding carboxylic acids is 2. The van der Waals surface area contributed by atoms with E-state index < -0.39 is 0 Å². The van der Waals surface area contributed by atoms with E-state index in [1.807, 2.05) is 0 Å². The molecule has 0 saturated carbocycles. The first-order chi connectivity index (χ1) is 11.0. The zero-order chi connectivity index (χ0) is 16.8. The number of aryl methyl sites for hydroxylation is 1. The summed E-state index contributed by atoms with van der Waals surface area (Å²) in [6.07, 6.45) is 2.91. The first-order valence-electron chi connectivity index (χ1n) is 6.97. The van der Waals surface area contributed by atoms with Gasteiger partial charge in [-0.25, -0.2) is 4.98 Å². The lowest BCUT2D eigenvalue weighted by Gasteiger charge is -2.16. The van der Waals surface area contributed by atoms with Gasteiger partial charge in [-0.2, -0.15) is 0 Å². The number of ether oxygens (including phenoxy) is 1. The molecule has 0 saturated heterocycles. The van der Waals surface area contributed by atoms with Crippen LogP contribution in [0.2, 0.25) is 0 Å². The Kier molecular flexibility index (Phi) is 5.24. The molecule has 0 radical (unpaired) electrons. The van der Waals surface area contributed by atoms with Gasteiger partial charge in [-0.3, -0.25) is 14.6 Å². The minimum atomic E-state index is -0.359. The zero-order valence-electron chi connectivity index (χ0n) is 13.2. The van der Waals surface area contributed by atoms with E-state index in [4.69, 9.17) is 4.74 Å². The van der Waals surface area contributed by atoms with Crippen LogP contribution in [-0.2, 0) is 4.79 Å². The number of hydrogen-bond acceptors (Lipinski definition) is 5. The Morgan fingerprint density at radius 3 is 2.43 bits per heavy atom. The maximum atomic E-state index is 12.2. The van der Waals surface area contributed by atoms with Crippen LogP contribution in [-0.4, -0.2) is 47.4 Å². The molecule has 120 valence electrons. The zero-order valence-corrected chi connectivity index (χ0v) is 13.2. The summed E-state index contributed by atoms with van der Waals surface area (Å²) in [5, 5.41) is 2.72. The fraction of sp³-hybridized carbons (Fsp3) is 0.250. The van der Waals surface area contributed by atoms with Crippen LogP contribution in [0.1, 0.15) is 16.2 Å². The normalized spacial score (nSPS) is 10.0. The molecule has 1 N–H and O–H groups in total. The number of anilines is 1. The van der Waals surface area contributed by atoms with Crippen molar-refractivity contribution in [3.05, 3.63) is 48.0 Å². The van der Waals surface area contributed by atoms with Crippen molar-refractivity contribution in [2.24, 2.45) is 0 Å². The maximum Gasteiger partial charge on any atom is 0.274 e. The third kappa shape index (κ3) is 4.50. The van der Waals surface area contributed by atoms with E-state index in [9.17, 15) is 9.59 Å². The second kappa shape index (κ2) is 7.35. The summed E-state index contributed by atoms with van der Waals surface area (Å²) in [5.74, 6) is 0.0432. The van der Waals surface area contributed by atoms with E-state index in [-0.39, 0.29) is 24.1 Å². The van der Waals surface area contributed by atoms with Crippen LogP contribution in [0.25, 0.3) is 0 Å². The first kappa shape index (κ1) is 16.4. The molecule has 0 atom stereocenters. The second-order valence-electron chi connectivity index (χ2n) is 4.98. The van der Waals surface area contributed by atoms with Gasteiger partial charge in [-0.05, 0) is 31.2 Å². The summed E-state index contributed by atoms with van der Waals surface area (Å²) < 4.78 is 5.05. The van der Waals surface area contributed by atoms with Crippen LogP contribution in [0.15, 0.2) is 36.7 Å². The highest BCUT2D eigenvalue weighted by Crippen LogP contribution is 2.14. The van der Waals surface area contributed by atoms with Crippen molar-refractivity contribution in [2.45, 2.75) is 6.92 Å². The molecule has 23 heavy (non-hydrogen) atoms. The summed E-state index contributed by atoms with van der Waals surface area (Å²) in [4.78, 5) is 33.5. The quantitative estimate of drug-likeness (QED) is 0.904. The first-order valence-corrected chi connectivity index (χ1v) is 6.97. The van der Waals surface area contributed by atoms with Crippen LogP contribution in [0.5, 0.6) is 5.75 Å². The molecule has 0 aliphatic carbocycles. The molecule has 0 spiro atoms. The molecule has 7 nitrogen and oxygen atoms in total. The van der Waals surface area contributed by atoms with Gasteiger partial charge < -0.3 is 15.0 Å². The van der Waals surface area contributed by atoms with Crippen LogP contribution in [0.4, 0.5) is 5.69 Å². The summed E-state index contributed by atoms with van der Waals surface area (Å²) >= 11 is 0. The Hall–Kier alpha value is -2.96. The number of carbonyl (C=O) groups is 2. The average Bonchev–Trinajstić information content (AvgIpc) is 2.55. The second-order valence-corrected chi connectivity index (χ2v) is 4.98. The highest BCUT2D eigenvalue weighted by atomic mass is 16.5. The Labute approximate surface area is 134 Å². The van der Waals surface area contributed by atoms with Crippen LogP contribution < -0.4 is 10.1 Å². The van der Waals surface area contributed by atoms with E-state index in [1.54, 1.807) is 38.3 Å². The summed E-state index contributed by atoms with van der Waals surface area (Å²) in [6.45, 7) is 1.70. The fourth-order valence-electron chi connectivity index (χ4n) is 1.86. The number of nitrogens with one attached hydrogen (secondary N) is 1. The van der Waals surface area contributed by atoms with Gasteiger partial charge in [0.25, 0.3) is 5.91 Å². The molecule has 1 aromatic carbocycles. The molecular formula is C16H18N4O3. The number of aromatic nitrogens is 2. The van der Waals surface area contributed by atoms with E-state index in [0.717, 1.165) is 5.69 Å². The van der Waals surface area contributed by atoms with Crippen LogP contribution in [0, 0.1) is 6.92 Å². The van der Waals surface area contributed by atoms with Crippen molar-refractivity contribution in [3.8, 4) is 5.75 Å². The predicted molar refractivity (Wildman–Crippen MR) is 85.4 cm³/mol. The van der Waals surface area contributed by atoms with E-state index >= 15 is 0 Å². The molecule has 2 amide bonds. The van der Waals surface area contributed by atoms with Gasteiger partial charge in [0.15, 0.2) is 0 Å². The van der Waals surface area contributed by atoms with Gasteiger partial charge in [0.2, 0.25) is 5.91 Å². The lowest BCUT2D eigenvalue weighted by molar-refractivity contribution is -0.116. The van der Waals surface area contributed by atoms with Crippen molar-refractivity contribution in [1.82, 2.24) is 14.9 Å². The molecule has 1 aromatic heterocycles. The van der Waals surface area contributed by atoms with Gasteiger partial charge in [-0.1, -0.05) is 0 Å². The van der Waals surface area contributed by atoms with Crippen molar-refractivity contribution in [1.29, 1.82) is 0 Å². The van der Waals surface area contributed by atoms with Crippen LogP contribution >= 0.6 is 0 Å². The molecule has 0 aliphatic rings. The van der Waals surface area contributed by atoms with Gasteiger partial charge in [0, 0.05) is 18.9 Å². The lowest BCUT2D eigenvalue weighted by Crippen LogP contribution is -2.35. The Morgan fingerprint density at radius 1 is 1.17 bits per heavy atom. The van der Waals surface area contributed by atoms with Crippen molar-refractivity contribution >= 4 is 17.5 Å². The molecule has 0 bridgehead atoms. The molecule has 7 heteroatoms. The standard InChI is InChI=1S/C16H18N4O3/c1-11-8-18-14(9-17-11)16(22)20(2)10-15(21)19-12-4-6-13(23-3)7-5-12/h4-9H,10H2,1-3H3,(H,19,21). The summed E-state index contributed by atoms with van der Waals surface area (Å²) in [7, 11) is 3.11. The average molecular weight is 314 g/mol. The van der Waals surface area contributed by atoms with Crippen LogP contribution in [0.3, 0.4) is 0 Å². The minimum absolute atomic E-state index is 0.0829. The summed E-state index contributed by atoms with van der Waals surface area (Å²) in [5.41, 5.74) is 1.56. The van der Waals surface area contributed by atoms with Gasteiger partial charge in [0.05, 0.1) is 25.5 Å². The van der Waals surface area contributed by atoms with E-state index in [1.165, 1.54) is 24.3 Å². The number of rotatable bonds is 5. The number of nitrogens with zero attached hydrogens (tertiary/aromatic N) is 3. The van der Waals surface area contributed by atoms with Gasteiger partial charge >= 0.3 is 0 Å². The fourth-order valence-corrected chi connectivity index (χ4v) is 1.86. The smallest absolute Gasteiger partial charge is 0.274 e. The van der Waals surface area contributed by atoms with Crippen molar-refractivity contribution in [3.63, 3.8) is 0 Å². The number of hydrogen-bond donors (Lipinski definition) is 1. The molecule has 0 aliphatic heterocycles. The van der Waals surface area contributed by atoms with E-state index in [2.05, 4.69) is 15.3 Å². The highest BCUT2D eigenvalue weighted by molar-refractivity contribution is 5.98. The summed E-state index contributed by atoms with van der Waals surface area (Å²) in [6, 6.07) is 6.94. The topological polar surface area (TPSA) is 84.4 Å². The monoisotopic (exact) mass is 314 g/mol. The molecular weight excluding hydrogens is 296 g/mol. The third-order valence-electron chi connectivity index (χ3n) is 3.10. The van der Waals surface area contributed by atoms with Crippen molar-refractivity contribution < 1.29 is 14.3 Å². The highest BCUT2D eigenvalue weighted by Gasteiger charge is 2.16. The Bertz CT molecular complexity index is 683. The minimum Gasteiger partial charge on any atom is -0.497 e. The number of benzene rings is 1. The molecule has 2 rings (SSSR count). The van der Waals surface area contributed by atoms with Gasteiger partial charge in [-0.15, -0.1) is 0 Å². The maximum absolute atomic E-state index is 12.2. The number of amides is 2. The number of likely N-dealkylation sites (N-methyl/N-ethyl adjacent to an activating group) is 1. The lowest BCUT2D eigenvalue weighted by atomic mass is 10.3. The number of methoxy groups -OCH3 is 1. The molecule has 1 heterocycles. The molecule has 0 fully saturated rings. The van der Waals surface area contributed by atoms with Gasteiger partial charge in [0.1, 0.15) is 11.4 Å². The Morgan fingerprint density at radius 2 is 1.87 bits per heavy atom. The van der Waals surface area contributed by atoms with Crippen molar-refractivity contribution in [2.75, 3.05) is 26.0 Å². The SMILES string of the molecule is COc1ccc(NC(=O)CN(C)C(=O)c2cnc(C)cn2)cc1. The third-order valence-corrected chi connectivity index (χ3v) is 3.10. The molecule has 2 aromatic rings. The Balaban J connectivity index is 1.93. The van der Waals surface area contributed by atoms with E-state index in [0.29, 0.717) is 11.4 Å². The predicted octanol–water partition coefficient (Wildman–Crippen LogP) is 1.50. The largest absolute Gasteiger partial charge is 0.497 e.